The molecule has 5 nitrogen and oxygen atoms in total. The van der Waals surface area contributed by atoms with Crippen molar-refractivity contribution in [1.29, 1.82) is 0 Å². The van der Waals surface area contributed by atoms with Crippen LogP contribution in [0.15, 0.2) is 60.7 Å². The van der Waals surface area contributed by atoms with Gasteiger partial charge in [-0.15, -0.1) is 0 Å². The molecule has 3 unspecified atom stereocenters. The Morgan fingerprint density at radius 3 is 2.15 bits per heavy atom. The molecule has 142 valence electrons. The molecule has 2 N–H and O–H groups in total. The summed E-state index contributed by atoms with van der Waals surface area (Å²) < 4.78 is 0. The van der Waals surface area contributed by atoms with Gasteiger partial charge < -0.3 is 9.80 Å². The van der Waals surface area contributed by atoms with Gasteiger partial charge in [0.25, 0.3) is 0 Å². The standard InChI is InChI=1S/C22H28N4O/c1-25(2)22(27)26-14-13-19-18(15-26)21(24-23-19)20(16-9-5-3-6-10-16)17-11-7-4-8-12-17/h3-12,18-21,23-24H,13-15H2,1-2H3. The van der Waals surface area contributed by atoms with E-state index >= 15 is 0 Å². The fraction of sp³-hybridized carbons (Fsp3) is 0.409. The highest BCUT2D eigenvalue weighted by atomic mass is 16.2. The average molecular weight is 364 g/mol. The van der Waals surface area contributed by atoms with Crippen molar-refractivity contribution in [2.75, 3.05) is 27.2 Å². The van der Waals surface area contributed by atoms with Crippen LogP contribution in [-0.4, -0.2) is 55.1 Å². The lowest BCUT2D eigenvalue weighted by molar-refractivity contribution is 0.133. The number of rotatable bonds is 3. The number of amides is 2. The Morgan fingerprint density at radius 2 is 1.59 bits per heavy atom. The van der Waals surface area contributed by atoms with E-state index in [2.05, 4.69) is 71.5 Å². The van der Waals surface area contributed by atoms with E-state index in [1.54, 1.807) is 4.90 Å². The van der Waals surface area contributed by atoms with E-state index in [0.717, 1.165) is 19.5 Å². The quantitative estimate of drug-likeness (QED) is 0.880. The molecule has 2 fully saturated rings. The second-order valence-corrected chi connectivity index (χ2v) is 7.80. The monoisotopic (exact) mass is 364 g/mol. The molecule has 5 heteroatoms. The molecule has 2 aromatic rings. The van der Waals surface area contributed by atoms with Crippen LogP contribution in [0.25, 0.3) is 0 Å². The summed E-state index contributed by atoms with van der Waals surface area (Å²) >= 11 is 0. The van der Waals surface area contributed by atoms with E-state index in [9.17, 15) is 4.79 Å². The maximum atomic E-state index is 12.5. The first-order chi connectivity index (χ1) is 13.1. The summed E-state index contributed by atoms with van der Waals surface area (Å²) in [6, 6.07) is 22.1. The van der Waals surface area contributed by atoms with Crippen molar-refractivity contribution in [3.05, 3.63) is 71.8 Å². The Bertz CT molecular complexity index is 725. The minimum Gasteiger partial charge on any atom is -0.331 e. The van der Waals surface area contributed by atoms with E-state index in [0.29, 0.717) is 12.0 Å². The first kappa shape index (κ1) is 18.0. The molecule has 3 atom stereocenters. The molecule has 2 aliphatic heterocycles. The summed E-state index contributed by atoms with van der Waals surface area (Å²) in [7, 11) is 3.65. The smallest absolute Gasteiger partial charge is 0.319 e. The summed E-state index contributed by atoms with van der Waals surface area (Å²) in [5.41, 5.74) is 9.71. The van der Waals surface area contributed by atoms with Gasteiger partial charge in [0.15, 0.2) is 0 Å². The predicted octanol–water partition coefficient (Wildman–Crippen LogP) is 2.67. The molecule has 27 heavy (non-hydrogen) atoms. The number of piperidine rings is 1. The van der Waals surface area contributed by atoms with E-state index < -0.39 is 0 Å². The number of carbonyl (C=O) groups is 1. The molecule has 2 heterocycles. The van der Waals surface area contributed by atoms with Gasteiger partial charge in [-0.1, -0.05) is 60.7 Å². The van der Waals surface area contributed by atoms with Crippen LogP contribution in [0.1, 0.15) is 23.5 Å². The van der Waals surface area contributed by atoms with Crippen molar-refractivity contribution in [3.8, 4) is 0 Å². The highest BCUT2D eigenvalue weighted by Gasteiger charge is 2.45. The van der Waals surface area contributed by atoms with Crippen LogP contribution in [-0.2, 0) is 0 Å². The zero-order chi connectivity index (χ0) is 18.8. The van der Waals surface area contributed by atoms with Crippen LogP contribution in [0.4, 0.5) is 4.79 Å². The molecule has 0 radical (unpaired) electrons. The van der Waals surface area contributed by atoms with E-state index in [1.165, 1.54) is 11.1 Å². The van der Waals surface area contributed by atoms with Crippen LogP contribution in [0.3, 0.4) is 0 Å². The number of urea groups is 1. The van der Waals surface area contributed by atoms with Crippen LogP contribution >= 0.6 is 0 Å². The lowest BCUT2D eigenvalue weighted by Crippen LogP contribution is -2.51. The second kappa shape index (κ2) is 7.71. The van der Waals surface area contributed by atoms with Crippen molar-refractivity contribution < 1.29 is 4.79 Å². The predicted molar refractivity (Wildman–Crippen MR) is 107 cm³/mol. The molecule has 2 amide bonds. The van der Waals surface area contributed by atoms with E-state index in [4.69, 9.17) is 0 Å². The molecule has 2 aromatic carbocycles. The number of hydrogen-bond acceptors (Lipinski definition) is 3. The lowest BCUT2D eigenvalue weighted by Gasteiger charge is -2.39. The molecule has 2 aliphatic rings. The van der Waals surface area contributed by atoms with Gasteiger partial charge in [-0.05, 0) is 17.5 Å². The van der Waals surface area contributed by atoms with Crippen molar-refractivity contribution in [2.45, 2.75) is 24.4 Å². The first-order valence-electron chi connectivity index (χ1n) is 9.72. The minimum atomic E-state index is 0.107. The summed E-state index contributed by atoms with van der Waals surface area (Å²) in [6.07, 6.45) is 0.976. The van der Waals surface area contributed by atoms with Gasteiger partial charge in [0.05, 0.1) is 0 Å². The number of nitrogens with one attached hydrogen (secondary N) is 2. The Balaban J connectivity index is 1.65. The fourth-order valence-electron chi connectivity index (χ4n) is 4.55. The Morgan fingerprint density at radius 1 is 1.00 bits per heavy atom. The zero-order valence-electron chi connectivity index (χ0n) is 16.0. The van der Waals surface area contributed by atoms with Crippen LogP contribution in [0.2, 0.25) is 0 Å². The van der Waals surface area contributed by atoms with Gasteiger partial charge in [-0.25, -0.2) is 4.79 Å². The Labute approximate surface area is 161 Å². The third kappa shape index (κ3) is 3.57. The number of benzene rings is 2. The van der Waals surface area contributed by atoms with Gasteiger partial charge in [0.2, 0.25) is 0 Å². The molecule has 0 aliphatic carbocycles. The first-order valence-corrected chi connectivity index (χ1v) is 9.72. The van der Waals surface area contributed by atoms with Gasteiger partial charge in [-0.3, -0.25) is 10.9 Å². The van der Waals surface area contributed by atoms with Gasteiger partial charge >= 0.3 is 6.03 Å². The summed E-state index contributed by atoms with van der Waals surface area (Å²) in [5, 5.41) is 0. The van der Waals surface area contributed by atoms with Crippen LogP contribution in [0, 0.1) is 5.92 Å². The van der Waals surface area contributed by atoms with Crippen molar-refractivity contribution in [3.63, 3.8) is 0 Å². The molecular weight excluding hydrogens is 336 g/mol. The SMILES string of the molecule is CN(C)C(=O)N1CCC2NNC(C(c3ccccc3)c3ccccc3)C2C1. The number of fused-ring (bicyclic) bond motifs is 1. The maximum absolute atomic E-state index is 12.5. The average Bonchev–Trinajstić information content (AvgIpc) is 3.12. The largest absolute Gasteiger partial charge is 0.331 e. The number of carbonyl (C=O) groups excluding carboxylic acids is 1. The van der Waals surface area contributed by atoms with Gasteiger partial charge in [0.1, 0.15) is 0 Å². The number of likely N-dealkylation sites (tertiary alicyclic amines) is 1. The summed E-state index contributed by atoms with van der Waals surface area (Å²) in [6.45, 7) is 1.59. The molecular formula is C22H28N4O. The van der Waals surface area contributed by atoms with Crippen LogP contribution < -0.4 is 10.9 Å². The zero-order valence-corrected chi connectivity index (χ0v) is 16.0. The number of hydrogen-bond donors (Lipinski definition) is 2. The summed E-state index contributed by atoms with van der Waals surface area (Å²) in [5.74, 6) is 0.609. The summed E-state index contributed by atoms with van der Waals surface area (Å²) in [4.78, 5) is 16.2. The molecule has 0 spiro atoms. The normalized spacial score (nSPS) is 24.7. The topological polar surface area (TPSA) is 47.6 Å². The van der Waals surface area contributed by atoms with Crippen molar-refractivity contribution in [2.24, 2.45) is 5.92 Å². The molecule has 0 bridgehead atoms. The van der Waals surface area contributed by atoms with E-state index in [-0.39, 0.29) is 18.0 Å². The Hall–Kier alpha value is -2.37. The van der Waals surface area contributed by atoms with E-state index in [1.807, 2.05) is 19.0 Å². The maximum Gasteiger partial charge on any atom is 0.319 e. The highest BCUT2D eigenvalue weighted by Crippen LogP contribution is 2.37. The van der Waals surface area contributed by atoms with Crippen molar-refractivity contribution >= 4 is 6.03 Å². The van der Waals surface area contributed by atoms with Gasteiger partial charge in [0, 0.05) is 51.1 Å². The highest BCUT2D eigenvalue weighted by molar-refractivity contribution is 5.74. The molecule has 0 saturated carbocycles. The number of hydrazine groups is 1. The van der Waals surface area contributed by atoms with Crippen LogP contribution in [0.5, 0.6) is 0 Å². The lowest BCUT2D eigenvalue weighted by atomic mass is 9.76. The third-order valence-corrected chi connectivity index (χ3v) is 5.88. The second-order valence-electron chi connectivity index (χ2n) is 7.80. The Kier molecular flexibility index (Phi) is 5.14. The fourth-order valence-corrected chi connectivity index (χ4v) is 4.55. The van der Waals surface area contributed by atoms with Crippen molar-refractivity contribution in [1.82, 2.24) is 20.7 Å². The molecule has 4 rings (SSSR count). The number of nitrogens with zero attached hydrogens (tertiary/aromatic N) is 2. The minimum absolute atomic E-state index is 0.107. The third-order valence-electron chi connectivity index (χ3n) is 5.88. The molecule has 2 saturated heterocycles. The molecule has 0 aromatic heterocycles. The van der Waals surface area contributed by atoms with Gasteiger partial charge in [-0.2, -0.15) is 0 Å².